The third-order valence-electron chi connectivity index (χ3n) is 2.29. The number of hydrogen-bond acceptors (Lipinski definition) is 3. The summed E-state index contributed by atoms with van der Waals surface area (Å²) in [4.78, 5) is 2.10. The van der Waals surface area contributed by atoms with Crippen molar-refractivity contribution in [2.24, 2.45) is 0 Å². The molecule has 1 saturated carbocycles. The van der Waals surface area contributed by atoms with E-state index < -0.39 is 0 Å². The van der Waals surface area contributed by atoms with Crippen molar-refractivity contribution >= 4 is 0 Å². The van der Waals surface area contributed by atoms with Gasteiger partial charge in [0, 0.05) is 25.7 Å². The number of hydrogen-bond donors (Lipinski definition) is 2. The normalized spacial score (nSPS) is 18.6. The van der Waals surface area contributed by atoms with Crippen LogP contribution in [0.1, 0.15) is 19.8 Å². The van der Waals surface area contributed by atoms with E-state index in [1.165, 1.54) is 18.4 Å². The fourth-order valence-electron chi connectivity index (χ4n) is 1.53. The fraction of sp³-hybridized carbons (Fsp3) is 0.818. The molecule has 0 aliphatic heterocycles. The lowest BCUT2D eigenvalue weighted by atomic mass is 10.2. The van der Waals surface area contributed by atoms with E-state index in [0.717, 1.165) is 19.1 Å². The van der Waals surface area contributed by atoms with Gasteiger partial charge in [-0.1, -0.05) is 6.58 Å². The highest BCUT2D eigenvalue weighted by atomic mass is 16.3. The van der Waals surface area contributed by atoms with Crippen LogP contribution in [0.15, 0.2) is 12.2 Å². The number of likely N-dealkylation sites (N-methyl/N-ethyl adjacent to an activating group) is 1. The highest BCUT2D eigenvalue weighted by Crippen LogP contribution is 2.18. The van der Waals surface area contributed by atoms with Crippen molar-refractivity contribution in [3.63, 3.8) is 0 Å². The Balaban J connectivity index is 2.05. The highest BCUT2D eigenvalue weighted by molar-refractivity contribution is 5.01. The average Bonchev–Trinajstić information content (AvgIpc) is 2.81. The molecule has 1 rings (SSSR count). The van der Waals surface area contributed by atoms with Gasteiger partial charge in [0.2, 0.25) is 0 Å². The van der Waals surface area contributed by atoms with Gasteiger partial charge in [-0.05, 0) is 32.4 Å². The van der Waals surface area contributed by atoms with Gasteiger partial charge >= 0.3 is 0 Å². The monoisotopic (exact) mass is 198 g/mol. The summed E-state index contributed by atoms with van der Waals surface area (Å²) in [6.45, 7) is 8.31. The van der Waals surface area contributed by atoms with E-state index >= 15 is 0 Å². The Bertz CT molecular complexity index is 188. The van der Waals surface area contributed by atoms with Crippen molar-refractivity contribution in [1.82, 2.24) is 10.2 Å². The van der Waals surface area contributed by atoms with Crippen LogP contribution in [0.3, 0.4) is 0 Å². The van der Waals surface area contributed by atoms with Crippen molar-refractivity contribution in [2.75, 3.05) is 26.7 Å². The van der Waals surface area contributed by atoms with Crippen LogP contribution in [0.4, 0.5) is 0 Å². The van der Waals surface area contributed by atoms with Gasteiger partial charge in [0.05, 0.1) is 6.10 Å². The molecule has 1 aliphatic rings. The maximum absolute atomic E-state index is 9.18. The van der Waals surface area contributed by atoms with Gasteiger partial charge in [-0.2, -0.15) is 0 Å². The Morgan fingerprint density at radius 2 is 2.29 bits per heavy atom. The Kier molecular flexibility index (Phi) is 4.58. The molecule has 82 valence electrons. The van der Waals surface area contributed by atoms with E-state index in [4.69, 9.17) is 0 Å². The van der Waals surface area contributed by atoms with Crippen LogP contribution >= 0.6 is 0 Å². The van der Waals surface area contributed by atoms with Crippen LogP contribution in [0.25, 0.3) is 0 Å². The molecular formula is C11H22N2O. The number of nitrogens with one attached hydrogen (secondary N) is 1. The first-order valence-corrected chi connectivity index (χ1v) is 5.34. The van der Waals surface area contributed by atoms with Gasteiger partial charge in [-0.25, -0.2) is 0 Å². The van der Waals surface area contributed by atoms with E-state index in [2.05, 4.69) is 16.8 Å². The van der Waals surface area contributed by atoms with Crippen molar-refractivity contribution in [3.8, 4) is 0 Å². The number of nitrogens with zero attached hydrogens (tertiary/aromatic N) is 1. The second kappa shape index (κ2) is 5.49. The zero-order valence-electron chi connectivity index (χ0n) is 9.29. The second-order valence-electron chi connectivity index (χ2n) is 4.45. The van der Waals surface area contributed by atoms with Crippen molar-refractivity contribution in [2.45, 2.75) is 31.9 Å². The zero-order chi connectivity index (χ0) is 10.6. The van der Waals surface area contributed by atoms with Crippen LogP contribution < -0.4 is 5.32 Å². The summed E-state index contributed by atoms with van der Waals surface area (Å²) >= 11 is 0. The summed E-state index contributed by atoms with van der Waals surface area (Å²) in [6.07, 6.45) is 2.37. The number of aliphatic hydroxyl groups excluding tert-OH is 1. The van der Waals surface area contributed by atoms with Crippen LogP contribution in [-0.4, -0.2) is 48.8 Å². The van der Waals surface area contributed by atoms with Crippen LogP contribution in [0.2, 0.25) is 0 Å². The lowest BCUT2D eigenvalue weighted by Crippen LogP contribution is -2.31. The van der Waals surface area contributed by atoms with Gasteiger partial charge in [-0.3, -0.25) is 4.90 Å². The van der Waals surface area contributed by atoms with Crippen molar-refractivity contribution in [1.29, 1.82) is 0 Å². The fourth-order valence-corrected chi connectivity index (χ4v) is 1.53. The van der Waals surface area contributed by atoms with Crippen molar-refractivity contribution in [3.05, 3.63) is 12.2 Å². The molecule has 0 spiro atoms. The lowest BCUT2D eigenvalue weighted by molar-refractivity contribution is 0.146. The van der Waals surface area contributed by atoms with Gasteiger partial charge in [-0.15, -0.1) is 0 Å². The van der Waals surface area contributed by atoms with Gasteiger partial charge in [0.1, 0.15) is 0 Å². The molecule has 2 N–H and O–H groups in total. The summed E-state index contributed by atoms with van der Waals surface area (Å²) in [5.41, 5.74) is 1.19. The molecule has 0 aromatic heterocycles. The molecule has 0 saturated heterocycles. The Hall–Kier alpha value is -0.380. The molecule has 1 aliphatic carbocycles. The standard InChI is InChI=1S/C11H22N2O/c1-9(6-12-11-4-5-11)7-13(3)8-10(2)14/h10-12,14H,1,4-8H2,2-3H3. The molecule has 0 aromatic carbocycles. The first-order valence-electron chi connectivity index (χ1n) is 5.34. The predicted molar refractivity (Wildman–Crippen MR) is 59.3 cm³/mol. The molecule has 3 nitrogen and oxygen atoms in total. The Labute approximate surface area is 86.8 Å². The molecule has 1 fully saturated rings. The smallest absolute Gasteiger partial charge is 0.0639 e. The quantitative estimate of drug-likeness (QED) is 0.588. The lowest BCUT2D eigenvalue weighted by Gasteiger charge is -2.19. The summed E-state index contributed by atoms with van der Waals surface area (Å²) in [5.74, 6) is 0. The van der Waals surface area contributed by atoms with E-state index in [9.17, 15) is 5.11 Å². The summed E-state index contributed by atoms with van der Waals surface area (Å²) < 4.78 is 0. The molecule has 14 heavy (non-hydrogen) atoms. The average molecular weight is 198 g/mol. The van der Waals surface area contributed by atoms with Crippen LogP contribution in [0, 0.1) is 0 Å². The predicted octanol–water partition coefficient (Wildman–Crippen LogP) is 0.607. The molecule has 0 radical (unpaired) electrons. The van der Waals surface area contributed by atoms with Crippen LogP contribution in [0.5, 0.6) is 0 Å². The topological polar surface area (TPSA) is 35.5 Å². The van der Waals surface area contributed by atoms with Crippen LogP contribution in [-0.2, 0) is 0 Å². The first kappa shape index (κ1) is 11.7. The zero-order valence-corrected chi connectivity index (χ0v) is 9.29. The minimum absolute atomic E-state index is 0.260. The van der Waals surface area contributed by atoms with E-state index in [-0.39, 0.29) is 6.10 Å². The first-order chi connectivity index (χ1) is 6.58. The molecule has 0 amide bonds. The highest BCUT2D eigenvalue weighted by Gasteiger charge is 2.20. The largest absolute Gasteiger partial charge is 0.392 e. The molecule has 1 unspecified atom stereocenters. The molecule has 0 aromatic rings. The minimum atomic E-state index is -0.260. The molecular weight excluding hydrogens is 176 g/mol. The molecule has 1 atom stereocenters. The SMILES string of the molecule is C=C(CNC1CC1)CN(C)CC(C)O. The summed E-state index contributed by atoms with van der Waals surface area (Å²) in [5, 5.41) is 12.6. The minimum Gasteiger partial charge on any atom is -0.392 e. The molecule has 0 heterocycles. The van der Waals surface area contributed by atoms with E-state index in [0.29, 0.717) is 6.54 Å². The summed E-state index contributed by atoms with van der Waals surface area (Å²) in [6, 6.07) is 0.744. The van der Waals surface area contributed by atoms with Gasteiger partial charge in [0.15, 0.2) is 0 Å². The summed E-state index contributed by atoms with van der Waals surface area (Å²) in [7, 11) is 2.01. The van der Waals surface area contributed by atoms with E-state index in [1.54, 1.807) is 0 Å². The second-order valence-corrected chi connectivity index (χ2v) is 4.45. The maximum atomic E-state index is 9.18. The third-order valence-corrected chi connectivity index (χ3v) is 2.29. The Morgan fingerprint density at radius 1 is 1.64 bits per heavy atom. The van der Waals surface area contributed by atoms with E-state index in [1.807, 2.05) is 14.0 Å². The maximum Gasteiger partial charge on any atom is 0.0639 e. The molecule has 3 heteroatoms. The Morgan fingerprint density at radius 3 is 2.79 bits per heavy atom. The third kappa shape index (κ3) is 5.37. The number of aliphatic hydroxyl groups is 1. The van der Waals surface area contributed by atoms with Gasteiger partial charge < -0.3 is 10.4 Å². The van der Waals surface area contributed by atoms with Gasteiger partial charge in [0.25, 0.3) is 0 Å². The number of rotatable bonds is 7. The molecule has 0 bridgehead atoms. The van der Waals surface area contributed by atoms with Crippen molar-refractivity contribution < 1.29 is 5.11 Å².